The van der Waals surface area contributed by atoms with E-state index in [9.17, 15) is 28.4 Å². The normalized spacial score (nSPS) is 22.6. The Morgan fingerprint density at radius 2 is 1.71 bits per heavy atom. The molecular weight excluding hydrogens is 727 g/mol. The lowest BCUT2D eigenvalue weighted by Crippen LogP contribution is -2.54. The summed E-state index contributed by atoms with van der Waals surface area (Å²) < 4.78 is 43.0. The van der Waals surface area contributed by atoms with E-state index in [0.29, 0.717) is 58.0 Å². The molecule has 0 bridgehead atoms. The highest BCUT2D eigenvalue weighted by atomic mass is 19.1. The number of benzene rings is 2. The number of hydrogen-bond donors (Lipinski definition) is 3. The monoisotopic (exact) mass is 782 g/mol. The van der Waals surface area contributed by atoms with Crippen molar-refractivity contribution < 1.29 is 52.0 Å². The zero-order valence-electron chi connectivity index (χ0n) is 32.1. The third-order valence-corrected chi connectivity index (χ3v) is 10.1. The van der Waals surface area contributed by atoms with E-state index in [-0.39, 0.29) is 63.1 Å². The first-order valence-electron chi connectivity index (χ1n) is 19.8. The fourth-order valence-electron chi connectivity index (χ4n) is 7.38. The molecule has 0 aromatic heterocycles. The van der Waals surface area contributed by atoms with Crippen molar-refractivity contribution in [3.63, 3.8) is 0 Å². The minimum Gasteiger partial charge on any atom is -0.464 e. The number of carbonyl (C=O) groups excluding carboxylic acids is 5. The van der Waals surface area contributed by atoms with Crippen LogP contribution in [0, 0.1) is 5.82 Å². The molecule has 1 spiro atoms. The van der Waals surface area contributed by atoms with Crippen molar-refractivity contribution in [2.45, 2.75) is 114 Å². The van der Waals surface area contributed by atoms with Crippen LogP contribution in [0.1, 0.15) is 82.3 Å². The number of ether oxygens (including phenoxy) is 5. The van der Waals surface area contributed by atoms with E-state index in [1.54, 1.807) is 24.0 Å². The van der Waals surface area contributed by atoms with Crippen LogP contribution in [0.25, 0.3) is 0 Å². The summed E-state index contributed by atoms with van der Waals surface area (Å²) in [6.07, 6.45) is 2.64. The maximum Gasteiger partial charge on any atom is 0.407 e. The van der Waals surface area contributed by atoms with Crippen LogP contribution in [-0.4, -0.2) is 104 Å². The fraction of sp³-hybridized carbons (Fsp3) is 0.585. The van der Waals surface area contributed by atoms with E-state index in [1.807, 2.05) is 30.3 Å². The minimum absolute atomic E-state index is 0.0132. The van der Waals surface area contributed by atoms with Gasteiger partial charge in [0.05, 0.1) is 18.8 Å². The van der Waals surface area contributed by atoms with Crippen LogP contribution >= 0.6 is 0 Å². The predicted octanol–water partition coefficient (Wildman–Crippen LogP) is 4.72. The number of carbonyl (C=O) groups is 5. The maximum atomic E-state index is 13.3. The number of esters is 1. The highest BCUT2D eigenvalue weighted by molar-refractivity contribution is 5.84. The van der Waals surface area contributed by atoms with Crippen molar-refractivity contribution in [1.82, 2.24) is 20.9 Å². The van der Waals surface area contributed by atoms with Gasteiger partial charge in [-0.05, 0) is 68.7 Å². The average Bonchev–Trinajstić information content (AvgIpc) is 3.59. The molecule has 3 saturated heterocycles. The topological polar surface area (TPSA) is 171 Å². The van der Waals surface area contributed by atoms with E-state index in [2.05, 4.69) is 16.0 Å². The lowest BCUT2D eigenvalue weighted by molar-refractivity contribution is -0.329. The number of alkyl carbamates (subject to hydrolysis) is 2. The maximum absolute atomic E-state index is 13.3. The molecular formula is C41H55FN4O10. The highest BCUT2D eigenvalue weighted by Gasteiger charge is 2.47. The molecule has 15 heteroatoms. The van der Waals surface area contributed by atoms with Crippen LogP contribution in [-0.2, 0) is 50.9 Å². The molecule has 306 valence electrons. The molecule has 5 rings (SSSR count). The van der Waals surface area contributed by atoms with Crippen molar-refractivity contribution in [3.05, 3.63) is 71.5 Å². The van der Waals surface area contributed by atoms with Crippen LogP contribution in [0.5, 0.6) is 0 Å². The Morgan fingerprint density at radius 3 is 2.46 bits per heavy atom. The summed E-state index contributed by atoms with van der Waals surface area (Å²) in [5.41, 5.74) is 1.74. The third kappa shape index (κ3) is 13.8. The van der Waals surface area contributed by atoms with Crippen molar-refractivity contribution in [2.24, 2.45) is 0 Å². The Bertz CT molecular complexity index is 1600. The first-order chi connectivity index (χ1) is 27.1. The molecule has 4 amide bonds. The summed E-state index contributed by atoms with van der Waals surface area (Å²) in [7, 11) is 0. The molecule has 0 saturated carbocycles. The molecule has 3 N–H and O–H groups in total. The number of hydrogen-bond acceptors (Lipinski definition) is 10. The van der Waals surface area contributed by atoms with Crippen molar-refractivity contribution in [2.75, 3.05) is 39.4 Å². The van der Waals surface area contributed by atoms with E-state index in [4.69, 9.17) is 23.7 Å². The molecule has 5 atom stereocenters. The molecule has 0 aliphatic carbocycles. The van der Waals surface area contributed by atoms with Gasteiger partial charge in [-0.3, -0.25) is 9.59 Å². The SMILES string of the molecule is CCOC(=O)[C@H](Cc1ccccc1)NC(=O)CCC1CC(OC(=O)NCCc2ccc(F)cc2)CC2(CCCC(COC(=O)NCCCN3CCCC3=O)O2)O1. The predicted molar refractivity (Wildman–Crippen MR) is 202 cm³/mol. The molecule has 2 aromatic rings. The van der Waals surface area contributed by atoms with Crippen molar-refractivity contribution in [1.29, 1.82) is 0 Å². The summed E-state index contributed by atoms with van der Waals surface area (Å²) in [6, 6.07) is 14.5. The fourth-order valence-corrected chi connectivity index (χ4v) is 7.38. The second-order valence-electron chi connectivity index (χ2n) is 14.5. The molecule has 4 unspecified atom stereocenters. The van der Waals surface area contributed by atoms with E-state index < -0.39 is 48.3 Å². The lowest BCUT2D eigenvalue weighted by atomic mass is 9.90. The first kappa shape index (κ1) is 42.4. The number of amides is 4. The molecule has 14 nitrogen and oxygen atoms in total. The van der Waals surface area contributed by atoms with E-state index >= 15 is 0 Å². The highest BCUT2D eigenvalue weighted by Crippen LogP contribution is 2.41. The zero-order chi connectivity index (χ0) is 39.8. The zero-order valence-corrected chi connectivity index (χ0v) is 32.1. The Morgan fingerprint density at radius 1 is 0.946 bits per heavy atom. The number of nitrogens with zero attached hydrogens (tertiary/aromatic N) is 1. The Kier molecular flexibility index (Phi) is 16.3. The molecule has 2 aromatic carbocycles. The van der Waals surface area contributed by atoms with Crippen molar-refractivity contribution >= 4 is 30.0 Å². The van der Waals surface area contributed by atoms with Gasteiger partial charge < -0.3 is 44.5 Å². The van der Waals surface area contributed by atoms with Crippen LogP contribution in [0.15, 0.2) is 54.6 Å². The molecule has 3 fully saturated rings. The Hall–Kier alpha value is -4.76. The van der Waals surface area contributed by atoms with Gasteiger partial charge in [0.25, 0.3) is 0 Å². The summed E-state index contributed by atoms with van der Waals surface area (Å²) in [4.78, 5) is 65.1. The van der Waals surface area contributed by atoms with Crippen LogP contribution < -0.4 is 16.0 Å². The number of nitrogens with one attached hydrogen (secondary N) is 3. The molecule has 3 aliphatic heterocycles. The van der Waals surface area contributed by atoms with Crippen LogP contribution in [0.3, 0.4) is 0 Å². The summed E-state index contributed by atoms with van der Waals surface area (Å²) in [5, 5.41) is 8.32. The molecule has 56 heavy (non-hydrogen) atoms. The smallest absolute Gasteiger partial charge is 0.407 e. The summed E-state index contributed by atoms with van der Waals surface area (Å²) >= 11 is 0. The summed E-state index contributed by atoms with van der Waals surface area (Å²) in [5.74, 6) is -2.22. The van der Waals surface area contributed by atoms with Gasteiger partial charge >= 0.3 is 18.2 Å². The van der Waals surface area contributed by atoms with Crippen LogP contribution in [0.4, 0.5) is 14.0 Å². The molecule has 0 radical (unpaired) electrons. The van der Waals surface area contributed by atoms with Gasteiger partial charge in [0, 0.05) is 64.7 Å². The molecule has 3 aliphatic rings. The lowest BCUT2D eigenvalue weighted by Gasteiger charge is -2.47. The number of halogens is 1. The Balaban J connectivity index is 1.16. The van der Waals surface area contributed by atoms with Gasteiger partial charge in [-0.2, -0.15) is 0 Å². The third-order valence-electron chi connectivity index (χ3n) is 10.1. The van der Waals surface area contributed by atoms with Gasteiger partial charge in [0.1, 0.15) is 24.6 Å². The first-order valence-corrected chi connectivity index (χ1v) is 19.8. The van der Waals surface area contributed by atoms with Gasteiger partial charge in [-0.25, -0.2) is 18.8 Å². The molecule has 3 heterocycles. The summed E-state index contributed by atoms with van der Waals surface area (Å²) in [6.45, 7) is 3.86. The van der Waals surface area contributed by atoms with Gasteiger partial charge in [-0.15, -0.1) is 0 Å². The second-order valence-corrected chi connectivity index (χ2v) is 14.5. The van der Waals surface area contributed by atoms with E-state index in [0.717, 1.165) is 24.1 Å². The van der Waals surface area contributed by atoms with Crippen LogP contribution in [0.2, 0.25) is 0 Å². The average molecular weight is 783 g/mol. The minimum atomic E-state index is -1.15. The standard InChI is InChI=1S/C41H55FN4O10/c1-2-52-38(49)35(25-30-9-4-3-5-10-30)45-36(47)18-17-32-26-34(54-40(51)44-22-19-29-13-15-31(42)16-14-29)27-41(55-32)20-6-11-33(56-41)28-53-39(50)43-21-8-24-46-23-7-12-37(46)48/h3-5,9-10,13-16,32-35H,2,6-8,11-12,17-28H2,1H3,(H,43,50)(H,44,51)(H,45,47)/t32?,33?,34?,35-,41?/m0/s1. The van der Waals surface area contributed by atoms with E-state index in [1.165, 1.54) is 12.1 Å². The number of rotatable bonds is 18. The van der Waals surface area contributed by atoms with Gasteiger partial charge in [0.2, 0.25) is 11.8 Å². The van der Waals surface area contributed by atoms with Gasteiger partial charge in [-0.1, -0.05) is 42.5 Å². The van der Waals surface area contributed by atoms with Gasteiger partial charge in [0.15, 0.2) is 5.79 Å². The van der Waals surface area contributed by atoms with Crippen molar-refractivity contribution in [3.8, 4) is 0 Å². The second kappa shape index (κ2) is 21.5. The Labute approximate surface area is 327 Å². The number of likely N-dealkylation sites (tertiary alicyclic amines) is 1. The quantitative estimate of drug-likeness (QED) is 0.109. The largest absolute Gasteiger partial charge is 0.464 e.